The SMILES string of the molecule is CCC(N)(CC)NON(C)[O-]. The van der Waals surface area contributed by atoms with Gasteiger partial charge in [-0.05, 0) is 12.8 Å². The number of rotatable bonds is 5. The Labute approximate surface area is 67.0 Å². The van der Waals surface area contributed by atoms with Crippen molar-refractivity contribution in [1.82, 2.24) is 10.7 Å². The lowest BCUT2D eigenvalue weighted by atomic mass is 10.1. The van der Waals surface area contributed by atoms with Crippen molar-refractivity contribution >= 4 is 0 Å². The third kappa shape index (κ3) is 4.28. The lowest BCUT2D eigenvalue weighted by Crippen LogP contribution is -2.53. The van der Waals surface area contributed by atoms with Gasteiger partial charge in [0.2, 0.25) is 0 Å². The first-order chi connectivity index (χ1) is 5.04. The monoisotopic (exact) mass is 162 g/mol. The van der Waals surface area contributed by atoms with Crippen LogP contribution >= 0.6 is 0 Å². The highest BCUT2D eigenvalue weighted by Gasteiger charge is 2.19. The van der Waals surface area contributed by atoms with Crippen LogP contribution in [0.25, 0.3) is 0 Å². The van der Waals surface area contributed by atoms with Gasteiger partial charge in [0, 0.05) is 7.05 Å². The summed E-state index contributed by atoms with van der Waals surface area (Å²) in [5.74, 6) is 0. The number of hydroxylamine groups is 3. The molecule has 11 heavy (non-hydrogen) atoms. The highest BCUT2D eigenvalue weighted by atomic mass is 17.0. The van der Waals surface area contributed by atoms with Crippen molar-refractivity contribution in [3.63, 3.8) is 0 Å². The molecule has 0 radical (unpaired) electrons. The minimum Gasteiger partial charge on any atom is -0.761 e. The molecule has 0 unspecified atom stereocenters. The van der Waals surface area contributed by atoms with Crippen molar-refractivity contribution in [2.75, 3.05) is 7.05 Å². The van der Waals surface area contributed by atoms with Crippen molar-refractivity contribution in [2.45, 2.75) is 32.4 Å². The summed E-state index contributed by atoms with van der Waals surface area (Å²) in [6.45, 7) is 3.84. The summed E-state index contributed by atoms with van der Waals surface area (Å²) in [5.41, 5.74) is 7.63. The fourth-order valence-electron chi connectivity index (χ4n) is 0.550. The Balaban J connectivity index is 3.69. The van der Waals surface area contributed by atoms with E-state index in [9.17, 15) is 5.21 Å². The minimum absolute atomic E-state index is 0.326. The fourth-order valence-corrected chi connectivity index (χ4v) is 0.550. The second-order valence-electron chi connectivity index (χ2n) is 2.50. The molecule has 0 saturated carbocycles. The van der Waals surface area contributed by atoms with Gasteiger partial charge < -0.3 is 10.9 Å². The van der Waals surface area contributed by atoms with E-state index in [4.69, 9.17) is 5.73 Å². The van der Waals surface area contributed by atoms with Crippen LogP contribution in [-0.4, -0.2) is 17.9 Å². The zero-order valence-corrected chi connectivity index (χ0v) is 7.26. The maximum Gasteiger partial charge on any atom is 0.0910 e. The van der Waals surface area contributed by atoms with Gasteiger partial charge in [0.05, 0.1) is 5.66 Å². The maximum absolute atomic E-state index is 10.3. The summed E-state index contributed by atoms with van der Waals surface area (Å²) in [6, 6.07) is 0. The van der Waals surface area contributed by atoms with Gasteiger partial charge in [-0.15, -0.1) is 0 Å². The van der Waals surface area contributed by atoms with E-state index < -0.39 is 5.66 Å². The van der Waals surface area contributed by atoms with Gasteiger partial charge in [-0.3, -0.25) is 0 Å². The molecule has 5 heteroatoms. The Morgan fingerprint density at radius 2 is 2.00 bits per heavy atom. The van der Waals surface area contributed by atoms with Crippen molar-refractivity contribution in [1.29, 1.82) is 0 Å². The van der Waals surface area contributed by atoms with Crippen molar-refractivity contribution in [3.05, 3.63) is 5.21 Å². The Kier molecular flexibility index (Phi) is 4.55. The Morgan fingerprint density at radius 3 is 2.27 bits per heavy atom. The summed E-state index contributed by atoms with van der Waals surface area (Å²) in [5, 5.41) is 10.6. The molecule has 0 aliphatic heterocycles. The predicted octanol–water partition coefficient (Wildman–Crippen LogP) is 0.327. The molecule has 0 amide bonds. The zero-order chi connectivity index (χ0) is 8.91. The lowest BCUT2D eigenvalue weighted by molar-refractivity contribution is -0.191. The van der Waals surface area contributed by atoms with Crippen molar-refractivity contribution in [2.24, 2.45) is 5.73 Å². The molecular formula is C6H16N3O2-. The van der Waals surface area contributed by atoms with E-state index in [1.54, 1.807) is 0 Å². The summed E-state index contributed by atoms with van der Waals surface area (Å²) < 4.78 is 0. The molecule has 0 fully saturated rings. The van der Waals surface area contributed by atoms with Gasteiger partial charge in [0.15, 0.2) is 0 Å². The number of nitrogens with two attached hydrogens (primary N) is 1. The first-order valence-corrected chi connectivity index (χ1v) is 3.68. The van der Waals surface area contributed by atoms with Crippen LogP contribution in [-0.2, 0) is 4.94 Å². The quantitative estimate of drug-likeness (QED) is 0.450. The van der Waals surface area contributed by atoms with E-state index in [1.165, 1.54) is 7.05 Å². The molecule has 0 aromatic carbocycles. The smallest absolute Gasteiger partial charge is 0.0910 e. The van der Waals surface area contributed by atoms with E-state index in [1.807, 2.05) is 13.8 Å². The molecule has 0 atom stereocenters. The van der Waals surface area contributed by atoms with Crippen molar-refractivity contribution < 1.29 is 4.94 Å². The van der Waals surface area contributed by atoms with Gasteiger partial charge in [-0.25, -0.2) is 10.2 Å². The molecule has 0 aliphatic rings. The zero-order valence-electron chi connectivity index (χ0n) is 7.26. The molecule has 0 saturated heterocycles. The third-order valence-electron chi connectivity index (χ3n) is 1.64. The molecule has 0 bridgehead atoms. The Bertz CT molecular complexity index is 104. The van der Waals surface area contributed by atoms with Crippen LogP contribution in [0.4, 0.5) is 0 Å². The average Bonchev–Trinajstić information content (AvgIpc) is 2.00. The van der Waals surface area contributed by atoms with Gasteiger partial charge in [0.25, 0.3) is 0 Å². The highest BCUT2D eigenvalue weighted by Crippen LogP contribution is 2.06. The van der Waals surface area contributed by atoms with Crippen LogP contribution < -0.4 is 11.2 Å². The molecule has 0 rings (SSSR count). The predicted molar refractivity (Wildman–Crippen MR) is 42.9 cm³/mol. The molecule has 0 aliphatic carbocycles. The van der Waals surface area contributed by atoms with E-state index in [2.05, 4.69) is 10.4 Å². The summed E-state index contributed by atoms with van der Waals surface area (Å²) in [7, 11) is 1.25. The minimum atomic E-state index is -0.599. The Morgan fingerprint density at radius 1 is 1.55 bits per heavy atom. The number of nitrogens with zero attached hydrogens (tertiary/aromatic N) is 1. The molecule has 5 nitrogen and oxygen atoms in total. The number of hydrogen-bond donors (Lipinski definition) is 2. The third-order valence-corrected chi connectivity index (χ3v) is 1.64. The fraction of sp³-hybridized carbons (Fsp3) is 1.00. The molecule has 0 aromatic rings. The largest absolute Gasteiger partial charge is 0.761 e. The second kappa shape index (κ2) is 4.63. The molecule has 68 valence electrons. The molecule has 0 spiro atoms. The Hall–Kier alpha value is -0.200. The van der Waals surface area contributed by atoms with Crippen LogP contribution in [0, 0.1) is 5.21 Å². The van der Waals surface area contributed by atoms with Crippen LogP contribution in [0.3, 0.4) is 0 Å². The van der Waals surface area contributed by atoms with Crippen LogP contribution in [0.15, 0.2) is 0 Å². The van der Waals surface area contributed by atoms with Gasteiger partial charge >= 0.3 is 0 Å². The lowest BCUT2D eigenvalue weighted by Gasteiger charge is -2.31. The molecule has 0 heterocycles. The summed E-state index contributed by atoms with van der Waals surface area (Å²) >= 11 is 0. The average molecular weight is 162 g/mol. The summed E-state index contributed by atoms with van der Waals surface area (Å²) in [6.07, 6.45) is 1.41. The number of nitrogens with one attached hydrogen (secondary N) is 1. The second-order valence-corrected chi connectivity index (χ2v) is 2.50. The van der Waals surface area contributed by atoms with E-state index >= 15 is 0 Å². The highest BCUT2D eigenvalue weighted by molar-refractivity contribution is 4.72. The first-order valence-electron chi connectivity index (χ1n) is 3.68. The molecule has 0 aromatic heterocycles. The van der Waals surface area contributed by atoms with Crippen LogP contribution in [0.1, 0.15) is 26.7 Å². The van der Waals surface area contributed by atoms with Crippen LogP contribution in [0.5, 0.6) is 0 Å². The van der Waals surface area contributed by atoms with Gasteiger partial charge in [0.1, 0.15) is 0 Å². The van der Waals surface area contributed by atoms with Gasteiger partial charge in [-0.2, -0.15) is 5.48 Å². The van der Waals surface area contributed by atoms with E-state index in [0.717, 1.165) is 0 Å². The summed E-state index contributed by atoms with van der Waals surface area (Å²) in [4.78, 5) is 4.49. The van der Waals surface area contributed by atoms with Crippen molar-refractivity contribution in [3.8, 4) is 0 Å². The molecule has 3 N–H and O–H groups in total. The first kappa shape index (κ1) is 10.8. The number of hydrogen-bond acceptors (Lipinski definition) is 5. The van der Waals surface area contributed by atoms with Crippen LogP contribution in [0.2, 0.25) is 0 Å². The standard InChI is InChI=1S/C6H16N3O2/c1-4-6(7,5-2)8-11-9(3)10/h8H,4-5,7H2,1-3H3/q-1. The van der Waals surface area contributed by atoms with Gasteiger partial charge in [-0.1, -0.05) is 13.8 Å². The van der Waals surface area contributed by atoms with E-state index in [-0.39, 0.29) is 0 Å². The topological polar surface area (TPSA) is 73.6 Å². The maximum atomic E-state index is 10.3. The molecular weight excluding hydrogens is 146 g/mol. The van der Waals surface area contributed by atoms with E-state index in [0.29, 0.717) is 18.1 Å². The normalized spacial score (nSPS) is 12.5.